The van der Waals surface area contributed by atoms with Crippen LogP contribution in [0.5, 0.6) is 5.75 Å². The number of nitrogens with two attached hydrogens (primary N) is 1. The first-order chi connectivity index (χ1) is 9.28. The summed E-state index contributed by atoms with van der Waals surface area (Å²) in [6.45, 7) is 0. The lowest BCUT2D eigenvalue weighted by Gasteiger charge is -2.08. The molecule has 0 bridgehead atoms. The van der Waals surface area contributed by atoms with Crippen molar-refractivity contribution in [1.29, 1.82) is 0 Å². The molecule has 0 radical (unpaired) electrons. The molecule has 0 unspecified atom stereocenters. The Hall–Kier alpha value is -2.55. The van der Waals surface area contributed by atoms with E-state index >= 15 is 0 Å². The normalized spacial score (nSPS) is 10.6. The van der Waals surface area contributed by atoms with E-state index in [0.29, 0.717) is 11.4 Å². The van der Waals surface area contributed by atoms with Gasteiger partial charge in [-0.1, -0.05) is 24.3 Å². The first-order valence-corrected chi connectivity index (χ1v) is 6.06. The van der Waals surface area contributed by atoms with E-state index in [0.717, 1.165) is 22.0 Å². The number of nitrogens with zero attached hydrogens (tertiary/aromatic N) is 1. The Balaban J connectivity index is 2.11. The first kappa shape index (κ1) is 11.5. The zero-order chi connectivity index (χ0) is 13.2. The quantitative estimate of drug-likeness (QED) is 0.708. The van der Waals surface area contributed by atoms with E-state index in [2.05, 4.69) is 17.1 Å². The predicted octanol–water partition coefficient (Wildman–Crippen LogP) is 3.49. The van der Waals surface area contributed by atoms with Gasteiger partial charge in [0, 0.05) is 17.1 Å². The average Bonchev–Trinajstić information content (AvgIpc) is 2.46. The third kappa shape index (κ3) is 2.10. The van der Waals surface area contributed by atoms with Crippen molar-refractivity contribution in [2.24, 2.45) is 0 Å². The second-order valence-corrected chi connectivity index (χ2v) is 4.37. The van der Waals surface area contributed by atoms with E-state index in [1.807, 2.05) is 42.6 Å². The predicted molar refractivity (Wildman–Crippen MR) is 78.1 cm³/mol. The second kappa shape index (κ2) is 4.61. The summed E-state index contributed by atoms with van der Waals surface area (Å²) in [5.74, 6) is 0.692. The maximum atomic E-state index is 5.94. The van der Waals surface area contributed by atoms with Crippen LogP contribution in [0.4, 0.5) is 5.69 Å². The molecule has 0 aliphatic heterocycles. The number of fused-ring (bicyclic) bond motifs is 1. The zero-order valence-electron chi connectivity index (χ0n) is 10.6. The Bertz CT molecular complexity index is 738. The molecule has 94 valence electrons. The number of rotatable bonds is 2. The van der Waals surface area contributed by atoms with Gasteiger partial charge >= 0.3 is 0 Å². The number of hydrogen-bond acceptors (Lipinski definition) is 3. The minimum atomic E-state index is 0.633. The minimum Gasteiger partial charge on any atom is -0.495 e. The Kier molecular flexibility index (Phi) is 2.80. The number of nitrogen functional groups attached to an aromatic ring is 1. The van der Waals surface area contributed by atoms with Gasteiger partial charge in [-0.05, 0) is 29.8 Å². The van der Waals surface area contributed by atoms with Crippen LogP contribution < -0.4 is 10.5 Å². The van der Waals surface area contributed by atoms with Crippen LogP contribution in [0.15, 0.2) is 54.7 Å². The van der Waals surface area contributed by atoms with Crippen LogP contribution in [0.2, 0.25) is 0 Å². The third-order valence-electron chi connectivity index (χ3n) is 3.15. The van der Waals surface area contributed by atoms with Gasteiger partial charge in [-0.3, -0.25) is 4.98 Å². The molecular weight excluding hydrogens is 236 g/mol. The fraction of sp³-hybridized carbons (Fsp3) is 0.0625. The fourth-order valence-electron chi connectivity index (χ4n) is 2.14. The molecule has 2 N–H and O–H groups in total. The van der Waals surface area contributed by atoms with Crippen molar-refractivity contribution in [3.8, 4) is 16.9 Å². The summed E-state index contributed by atoms with van der Waals surface area (Å²) in [6, 6.07) is 15.9. The van der Waals surface area contributed by atoms with Crippen LogP contribution in [0.25, 0.3) is 22.0 Å². The SMILES string of the molecule is COc1ccc(-c2cnc3ccccc3c2)cc1N. The monoisotopic (exact) mass is 250 g/mol. The highest BCUT2D eigenvalue weighted by Gasteiger charge is 2.04. The van der Waals surface area contributed by atoms with Crippen molar-refractivity contribution in [3.63, 3.8) is 0 Å². The highest BCUT2D eigenvalue weighted by molar-refractivity contribution is 5.84. The smallest absolute Gasteiger partial charge is 0.141 e. The molecule has 0 spiro atoms. The summed E-state index contributed by atoms with van der Waals surface area (Å²) in [5, 5.41) is 1.12. The number of ether oxygens (including phenoxy) is 1. The van der Waals surface area contributed by atoms with Gasteiger partial charge in [-0.2, -0.15) is 0 Å². The van der Waals surface area contributed by atoms with Gasteiger partial charge in [0.1, 0.15) is 5.75 Å². The Morgan fingerprint density at radius 2 is 1.84 bits per heavy atom. The standard InChI is InChI=1S/C16H14N2O/c1-19-16-7-6-11(9-14(16)17)13-8-12-4-2-3-5-15(12)18-10-13/h2-10H,17H2,1H3. The number of benzene rings is 2. The second-order valence-electron chi connectivity index (χ2n) is 4.37. The number of anilines is 1. The minimum absolute atomic E-state index is 0.633. The van der Waals surface area contributed by atoms with Crippen molar-refractivity contribution in [2.75, 3.05) is 12.8 Å². The number of methoxy groups -OCH3 is 1. The molecule has 3 heteroatoms. The van der Waals surface area contributed by atoms with Gasteiger partial charge in [0.05, 0.1) is 18.3 Å². The molecule has 19 heavy (non-hydrogen) atoms. The summed E-state index contributed by atoms with van der Waals surface area (Å²) in [5.41, 5.74) is 9.65. The van der Waals surface area contributed by atoms with E-state index in [4.69, 9.17) is 10.5 Å². The molecule has 0 amide bonds. The lowest BCUT2D eigenvalue weighted by atomic mass is 10.0. The topological polar surface area (TPSA) is 48.1 Å². The lowest BCUT2D eigenvalue weighted by Crippen LogP contribution is -1.92. The van der Waals surface area contributed by atoms with Crippen LogP contribution in [-0.4, -0.2) is 12.1 Å². The van der Waals surface area contributed by atoms with Crippen molar-refractivity contribution in [2.45, 2.75) is 0 Å². The van der Waals surface area contributed by atoms with E-state index in [-0.39, 0.29) is 0 Å². The maximum absolute atomic E-state index is 5.94. The summed E-state index contributed by atoms with van der Waals surface area (Å²) in [4.78, 5) is 4.46. The van der Waals surface area contributed by atoms with Crippen molar-refractivity contribution < 1.29 is 4.74 Å². The molecule has 0 aliphatic carbocycles. The average molecular weight is 250 g/mol. The largest absolute Gasteiger partial charge is 0.495 e. The molecule has 0 saturated heterocycles. The molecule has 2 aromatic carbocycles. The summed E-state index contributed by atoms with van der Waals surface area (Å²) in [6.07, 6.45) is 1.86. The molecule has 3 aromatic rings. The zero-order valence-corrected chi connectivity index (χ0v) is 10.6. The van der Waals surface area contributed by atoms with Gasteiger partial charge < -0.3 is 10.5 Å². The third-order valence-corrected chi connectivity index (χ3v) is 3.15. The first-order valence-electron chi connectivity index (χ1n) is 6.06. The van der Waals surface area contributed by atoms with Crippen LogP contribution in [0, 0.1) is 0 Å². The fourth-order valence-corrected chi connectivity index (χ4v) is 2.14. The number of hydrogen-bond donors (Lipinski definition) is 1. The van der Waals surface area contributed by atoms with Gasteiger partial charge in [0.25, 0.3) is 0 Å². The Labute approximate surface area is 111 Å². The molecule has 3 rings (SSSR count). The Morgan fingerprint density at radius 1 is 1.00 bits per heavy atom. The number of para-hydroxylation sites is 1. The molecular formula is C16H14N2O. The van der Waals surface area contributed by atoms with E-state index < -0.39 is 0 Å². The molecule has 0 aliphatic rings. The van der Waals surface area contributed by atoms with E-state index in [9.17, 15) is 0 Å². The molecule has 1 heterocycles. The number of aromatic nitrogens is 1. The van der Waals surface area contributed by atoms with Crippen molar-refractivity contribution >= 4 is 16.6 Å². The van der Waals surface area contributed by atoms with Gasteiger partial charge in [0.15, 0.2) is 0 Å². The number of pyridine rings is 1. The van der Waals surface area contributed by atoms with E-state index in [1.165, 1.54) is 0 Å². The highest BCUT2D eigenvalue weighted by atomic mass is 16.5. The van der Waals surface area contributed by atoms with Crippen LogP contribution in [0.3, 0.4) is 0 Å². The summed E-state index contributed by atoms with van der Waals surface area (Å²) in [7, 11) is 1.61. The van der Waals surface area contributed by atoms with E-state index in [1.54, 1.807) is 7.11 Å². The van der Waals surface area contributed by atoms with Gasteiger partial charge in [0.2, 0.25) is 0 Å². The molecule has 0 saturated carbocycles. The molecule has 0 atom stereocenters. The van der Waals surface area contributed by atoms with Gasteiger partial charge in [-0.15, -0.1) is 0 Å². The van der Waals surface area contributed by atoms with Gasteiger partial charge in [-0.25, -0.2) is 0 Å². The van der Waals surface area contributed by atoms with Crippen LogP contribution >= 0.6 is 0 Å². The highest BCUT2D eigenvalue weighted by Crippen LogP contribution is 2.29. The molecule has 3 nitrogen and oxygen atoms in total. The lowest BCUT2D eigenvalue weighted by molar-refractivity contribution is 0.417. The maximum Gasteiger partial charge on any atom is 0.141 e. The molecule has 1 aromatic heterocycles. The summed E-state index contributed by atoms with van der Waals surface area (Å²) < 4.78 is 5.17. The summed E-state index contributed by atoms with van der Waals surface area (Å²) >= 11 is 0. The van der Waals surface area contributed by atoms with Crippen molar-refractivity contribution in [1.82, 2.24) is 4.98 Å². The Morgan fingerprint density at radius 3 is 2.63 bits per heavy atom. The van der Waals surface area contributed by atoms with Crippen molar-refractivity contribution in [3.05, 3.63) is 54.7 Å². The molecule has 0 fully saturated rings. The van der Waals surface area contributed by atoms with Crippen LogP contribution in [0.1, 0.15) is 0 Å². The van der Waals surface area contributed by atoms with Crippen LogP contribution in [-0.2, 0) is 0 Å².